The fourth-order valence-corrected chi connectivity index (χ4v) is 2.23. The highest BCUT2D eigenvalue weighted by Gasteiger charge is 2.16. The van der Waals surface area contributed by atoms with E-state index in [-0.39, 0.29) is 0 Å². The Morgan fingerprint density at radius 3 is 2.32 bits per heavy atom. The Morgan fingerprint density at radius 2 is 1.74 bits per heavy atom. The van der Waals surface area contributed by atoms with E-state index in [2.05, 4.69) is 58.9 Å². The van der Waals surface area contributed by atoms with Crippen LogP contribution in [0.2, 0.25) is 0 Å². The Bertz CT molecular complexity index is 354. The number of benzene rings is 1. The van der Waals surface area contributed by atoms with Crippen LogP contribution < -0.4 is 4.74 Å². The quantitative estimate of drug-likeness (QED) is 0.601. The molecular weight excluding hydrogens is 232 g/mol. The predicted octanol–water partition coefficient (Wildman–Crippen LogP) is 5.49. The van der Waals surface area contributed by atoms with Gasteiger partial charge in [-0.05, 0) is 37.2 Å². The first kappa shape index (κ1) is 16.1. The standard InChI is InChI=1S/C18H29O/c1-6-16(13-15(4)5)17-9-7-8-10-18(17)19-12-11-14(2)3/h7-10,14-15H,6,11-13H2,1-5H3. The Labute approximate surface area is 119 Å². The van der Waals surface area contributed by atoms with Gasteiger partial charge < -0.3 is 4.74 Å². The smallest absolute Gasteiger partial charge is 0.123 e. The van der Waals surface area contributed by atoms with Crippen molar-refractivity contribution >= 4 is 0 Å². The van der Waals surface area contributed by atoms with Gasteiger partial charge in [0.05, 0.1) is 6.61 Å². The molecule has 1 radical (unpaired) electrons. The van der Waals surface area contributed by atoms with Crippen molar-refractivity contribution in [3.8, 4) is 5.75 Å². The first-order chi connectivity index (χ1) is 9.04. The van der Waals surface area contributed by atoms with E-state index in [9.17, 15) is 0 Å². The lowest BCUT2D eigenvalue weighted by Gasteiger charge is -2.20. The molecule has 0 amide bonds. The van der Waals surface area contributed by atoms with Crippen molar-refractivity contribution in [3.63, 3.8) is 0 Å². The molecule has 1 rings (SSSR count). The van der Waals surface area contributed by atoms with Crippen molar-refractivity contribution in [2.24, 2.45) is 11.8 Å². The lowest BCUT2D eigenvalue weighted by molar-refractivity contribution is 0.287. The molecule has 0 aliphatic carbocycles. The number of ether oxygens (including phenoxy) is 1. The molecule has 0 aromatic heterocycles. The van der Waals surface area contributed by atoms with Crippen LogP contribution in [0.15, 0.2) is 24.3 Å². The average Bonchev–Trinajstić information content (AvgIpc) is 2.36. The van der Waals surface area contributed by atoms with Crippen molar-refractivity contribution in [2.75, 3.05) is 6.61 Å². The zero-order valence-corrected chi connectivity index (χ0v) is 13.2. The Morgan fingerprint density at radius 1 is 1.05 bits per heavy atom. The second kappa shape index (κ2) is 8.24. The third-order valence-electron chi connectivity index (χ3n) is 3.30. The minimum absolute atomic E-state index is 0.692. The van der Waals surface area contributed by atoms with Gasteiger partial charge in [0.2, 0.25) is 0 Å². The van der Waals surface area contributed by atoms with Crippen LogP contribution in [-0.2, 0) is 0 Å². The summed E-state index contributed by atoms with van der Waals surface area (Å²) in [4.78, 5) is 0. The van der Waals surface area contributed by atoms with E-state index in [1.54, 1.807) is 0 Å². The maximum atomic E-state index is 5.99. The van der Waals surface area contributed by atoms with Crippen LogP contribution in [0.25, 0.3) is 0 Å². The van der Waals surface area contributed by atoms with E-state index >= 15 is 0 Å². The molecule has 0 unspecified atom stereocenters. The minimum atomic E-state index is 0.692. The van der Waals surface area contributed by atoms with Crippen molar-refractivity contribution in [2.45, 2.75) is 53.9 Å². The molecule has 0 fully saturated rings. The highest BCUT2D eigenvalue weighted by Crippen LogP contribution is 2.32. The molecule has 107 valence electrons. The first-order valence-electron chi connectivity index (χ1n) is 7.61. The van der Waals surface area contributed by atoms with Gasteiger partial charge in [0.25, 0.3) is 0 Å². The van der Waals surface area contributed by atoms with Crippen LogP contribution in [-0.4, -0.2) is 6.61 Å². The first-order valence-corrected chi connectivity index (χ1v) is 7.61. The summed E-state index contributed by atoms with van der Waals surface area (Å²) < 4.78 is 5.99. The third-order valence-corrected chi connectivity index (χ3v) is 3.30. The highest BCUT2D eigenvalue weighted by atomic mass is 16.5. The fourth-order valence-electron chi connectivity index (χ4n) is 2.23. The van der Waals surface area contributed by atoms with Gasteiger partial charge in [-0.15, -0.1) is 0 Å². The number of hydrogen-bond acceptors (Lipinski definition) is 1. The molecule has 1 heteroatoms. The topological polar surface area (TPSA) is 9.23 Å². The van der Waals surface area contributed by atoms with Crippen molar-refractivity contribution in [1.82, 2.24) is 0 Å². The van der Waals surface area contributed by atoms with Crippen molar-refractivity contribution in [3.05, 3.63) is 35.7 Å². The molecule has 0 atom stereocenters. The van der Waals surface area contributed by atoms with Crippen LogP contribution in [0.1, 0.15) is 59.4 Å². The van der Waals surface area contributed by atoms with Crippen molar-refractivity contribution < 1.29 is 4.74 Å². The second-order valence-corrected chi connectivity index (χ2v) is 6.08. The van der Waals surface area contributed by atoms with E-state index in [4.69, 9.17) is 4.74 Å². The summed E-state index contributed by atoms with van der Waals surface area (Å²) in [5.41, 5.74) is 1.31. The summed E-state index contributed by atoms with van der Waals surface area (Å²) in [7, 11) is 0. The lowest BCUT2D eigenvalue weighted by Crippen LogP contribution is -2.08. The van der Waals surface area contributed by atoms with Gasteiger partial charge in [0.15, 0.2) is 0 Å². The van der Waals surface area contributed by atoms with Crippen LogP contribution in [0.3, 0.4) is 0 Å². The van der Waals surface area contributed by atoms with Gasteiger partial charge in [-0.1, -0.05) is 52.8 Å². The highest BCUT2D eigenvalue weighted by molar-refractivity contribution is 5.43. The summed E-state index contributed by atoms with van der Waals surface area (Å²) in [6, 6.07) is 8.48. The number of hydrogen-bond donors (Lipinski definition) is 0. The molecule has 1 aromatic rings. The third kappa shape index (κ3) is 5.67. The van der Waals surface area contributed by atoms with E-state index in [1.165, 1.54) is 11.5 Å². The Kier molecular flexibility index (Phi) is 6.97. The van der Waals surface area contributed by atoms with Gasteiger partial charge in [0, 0.05) is 11.5 Å². The molecule has 1 nitrogen and oxygen atoms in total. The molecule has 0 N–H and O–H groups in total. The van der Waals surface area contributed by atoms with E-state index in [1.807, 2.05) is 0 Å². The SMILES string of the molecule is CC[C](CC(C)C)c1ccccc1OCCC(C)C. The van der Waals surface area contributed by atoms with Crippen LogP contribution >= 0.6 is 0 Å². The van der Waals surface area contributed by atoms with Gasteiger partial charge >= 0.3 is 0 Å². The summed E-state index contributed by atoms with van der Waals surface area (Å²) >= 11 is 0. The van der Waals surface area contributed by atoms with Gasteiger partial charge in [-0.2, -0.15) is 0 Å². The monoisotopic (exact) mass is 261 g/mol. The molecular formula is C18H29O. The van der Waals surface area contributed by atoms with Crippen LogP contribution in [0, 0.1) is 17.8 Å². The van der Waals surface area contributed by atoms with Crippen LogP contribution in [0.5, 0.6) is 5.75 Å². The lowest BCUT2D eigenvalue weighted by atomic mass is 9.88. The summed E-state index contributed by atoms with van der Waals surface area (Å²) in [5.74, 6) is 3.95. The summed E-state index contributed by atoms with van der Waals surface area (Å²) in [5, 5.41) is 0. The number of rotatable bonds is 8. The maximum Gasteiger partial charge on any atom is 0.123 e. The Hall–Kier alpha value is -0.980. The van der Waals surface area contributed by atoms with Crippen LogP contribution in [0.4, 0.5) is 0 Å². The van der Waals surface area contributed by atoms with E-state index in [0.717, 1.165) is 31.6 Å². The molecule has 1 aromatic carbocycles. The normalized spacial score (nSPS) is 11.6. The van der Waals surface area contributed by atoms with E-state index < -0.39 is 0 Å². The largest absolute Gasteiger partial charge is 0.493 e. The molecule has 0 bridgehead atoms. The van der Waals surface area contributed by atoms with Gasteiger partial charge in [-0.25, -0.2) is 0 Å². The summed E-state index contributed by atoms with van der Waals surface area (Å²) in [6.45, 7) is 12.1. The molecule has 0 aliphatic rings. The zero-order chi connectivity index (χ0) is 14.3. The molecule has 0 aliphatic heterocycles. The fraction of sp³-hybridized carbons (Fsp3) is 0.611. The minimum Gasteiger partial charge on any atom is -0.493 e. The average molecular weight is 261 g/mol. The molecule has 19 heavy (non-hydrogen) atoms. The molecule has 0 saturated heterocycles. The van der Waals surface area contributed by atoms with Crippen molar-refractivity contribution in [1.29, 1.82) is 0 Å². The predicted molar refractivity (Wildman–Crippen MR) is 83.5 cm³/mol. The zero-order valence-electron chi connectivity index (χ0n) is 13.2. The van der Waals surface area contributed by atoms with Gasteiger partial charge in [-0.3, -0.25) is 0 Å². The Balaban J connectivity index is 2.75. The molecule has 0 spiro atoms. The second-order valence-electron chi connectivity index (χ2n) is 6.08. The molecule has 0 saturated carbocycles. The molecule has 0 heterocycles. The maximum absolute atomic E-state index is 5.99. The number of para-hydroxylation sites is 1. The summed E-state index contributed by atoms with van der Waals surface area (Å²) in [6.07, 6.45) is 3.36. The van der Waals surface area contributed by atoms with Gasteiger partial charge in [0.1, 0.15) is 5.75 Å². The van der Waals surface area contributed by atoms with E-state index in [0.29, 0.717) is 11.8 Å².